The number of halogens is 3. The van der Waals surface area contributed by atoms with Crippen LogP contribution >= 0.6 is 34.8 Å². The molecular weight excluding hydrogens is 469 g/mol. The number of ether oxygens (including phenoxy) is 1. The first-order valence-electron chi connectivity index (χ1n) is 9.82. The topological polar surface area (TPSA) is 62.3 Å². The van der Waals surface area contributed by atoms with E-state index in [1.54, 1.807) is 66.9 Å². The molecule has 4 aromatic rings. The smallest absolute Gasteiger partial charge is 0.342 e. The number of carbonyl (C=O) groups excluding carboxylic acids is 1. The molecule has 5 rings (SSSR count). The summed E-state index contributed by atoms with van der Waals surface area (Å²) < 4.78 is 5.63. The lowest BCUT2D eigenvalue weighted by molar-refractivity contribution is -0.174. The number of hydrogen-bond donors (Lipinski definition) is 2. The number of aliphatic hydroxyl groups is 1. The van der Waals surface area contributed by atoms with Gasteiger partial charge >= 0.3 is 5.97 Å². The minimum atomic E-state index is -1.87. The van der Waals surface area contributed by atoms with Crippen molar-refractivity contribution in [2.45, 2.75) is 12.2 Å². The number of carbonyl (C=O) groups is 1. The fraction of sp³-hybridized carbons (Fsp3) is 0.0800. The first-order chi connectivity index (χ1) is 15.3. The molecule has 0 saturated carbocycles. The Balaban J connectivity index is 1.73. The third kappa shape index (κ3) is 3.70. The lowest BCUT2D eigenvalue weighted by atomic mass is 9.88. The molecule has 0 amide bonds. The summed E-state index contributed by atoms with van der Waals surface area (Å²) in [7, 11) is 0. The number of aromatic amines is 1. The molecule has 32 heavy (non-hydrogen) atoms. The van der Waals surface area contributed by atoms with Gasteiger partial charge in [0.1, 0.15) is 0 Å². The number of hydrogen-bond acceptors (Lipinski definition) is 3. The average molecular weight is 485 g/mol. The molecule has 1 aromatic heterocycles. The number of fused-ring (bicyclic) bond motifs is 1. The van der Waals surface area contributed by atoms with Crippen LogP contribution in [-0.2, 0) is 16.0 Å². The molecule has 2 heterocycles. The van der Waals surface area contributed by atoms with Gasteiger partial charge in [0.05, 0.1) is 5.57 Å². The molecule has 1 atom stereocenters. The third-order valence-corrected chi connectivity index (χ3v) is 6.25. The van der Waals surface area contributed by atoms with E-state index in [9.17, 15) is 9.90 Å². The van der Waals surface area contributed by atoms with Crippen molar-refractivity contribution in [3.05, 3.63) is 105 Å². The maximum atomic E-state index is 13.2. The zero-order chi connectivity index (χ0) is 22.5. The predicted octanol–water partition coefficient (Wildman–Crippen LogP) is 6.53. The molecule has 0 bridgehead atoms. The van der Waals surface area contributed by atoms with Gasteiger partial charge in [-0.1, -0.05) is 65.1 Å². The van der Waals surface area contributed by atoms with Gasteiger partial charge in [-0.2, -0.15) is 0 Å². The second-order valence-electron chi connectivity index (χ2n) is 7.63. The van der Waals surface area contributed by atoms with Gasteiger partial charge in [-0.05, 0) is 47.5 Å². The van der Waals surface area contributed by atoms with Crippen LogP contribution in [0.15, 0.2) is 72.9 Å². The van der Waals surface area contributed by atoms with Crippen LogP contribution in [0, 0.1) is 0 Å². The van der Waals surface area contributed by atoms with Crippen LogP contribution in [0.1, 0.15) is 16.7 Å². The standard InChI is InChI=1S/C25H16Cl3NO3/c26-16-5-1-14(2-6-16)12-25(31)23(15-3-7-17(27)8-4-15)22(24(30)32-25)20-13-29-21-11-18(28)9-10-19(20)21/h1-11,13,29,31H,12H2. The van der Waals surface area contributed by atoms with Crippen LogP contribution in [0.5, 0.6) is 0 Å². The van der Waals surface area contributed by atoms with E-state index in [1.807, 2.05) is 6.07 Å². The molecule has 0 saturated heterocycles. The van der Waals surface area contributed by atoms with Crippen LogP contribution in [0.4, 0.5) is 0 Å². The van der Waals surface area contributed by atoms with Crippen molar-refractivity contribution in [3.8, 4) is 0 Å². The van der Waals surface area contributed by atoms with E-state index in [2.05, 4.69) is 4.98 Å². The molecular formula is C25H16Cl3NO3. The number of benzene rings is 3. The van der Waals surface area contributed by atoms with Crippen molar-refractivity contribution in [3.63, 3.8) is 0 Å². The normalized spacial score (nSPS) is 18.4. The van der Waals surface area contributed by atoms with Crippen molar-refractivity contribution < 1.29 is 14.6 Å². The highest BCUT2D eigenvalue weighted by Gasteiger charge is 2.48. The molecule has 1 unspecified atom stereocenters. The van der Waals surface area contributed by atoms with E-state index in [-0.39, 0.29) is 12.0 Å². The van der Waals surface area contributed by atoms with Crippen molar-refractivity contribution in [1.82, 2.24) is 4.98 Å². The second-order valence-corrected chi connectivity index (χ2v) is 8.94. The van der Waals surface area contributed by atoms with Gasteiger partial charge in [0, 0.05) is 49.7 Å². The molecule has 0 aliphatic carbocycles. The first kappa shape index (κ1) is 21.1. The lowest BCUT2D eigenvalue weighted by Crippen LogP contribution is -2.33. The molecule has 0 fully saturated rings. The predicted molar refractivity (Wildman–Crippen MR) is 128 cm³/mol. The van der Waals surface area contributed by atoms with Gasteiger partial charge in [0.2, 0.25) is 5.79 Å². The van der Waals surface area contributed by atoms with E-state index in [1.165, 1.54) is 0 Å². The summed E-state index contributed by atoms with van der Waals surface area (Å²) in [5, 5.41) is 14.1. The average Bonchev–Trinajstić information content (AvgIpc) is 3.27. The number of H-pyrrole nitrogens is 1. The fourth-order valence-electron chi connectivity index (χ4n) is 4.09. The Morgan fingerprint density at radius 3 is 2.19 bits per heavy atom. The summed E-state index contributed by atoms with van der Waals surface area (Å²) in [5.41, 5.74) is 3.47. The van der Waals surface area contributed by atoms with Gasteiger partial charge in [-0.25, -0.2) is 4.79 Å². The van der Waals surface area contributed by atoms with Gasteiger partial charge in [0.15, 0.2) is 0 Å². The van der Waals surface area contributed by atoms with Crippen LogP contribution in [-0.4, -0.2) is 21.8 Å². The zero-order valence-corrected chi connectivity index (χ0v) is 18.8. The SMILES string of the molecule is O=C1OC(O)(Cc2ccc(Cl)cc2)C(c2ccc(Cl)cc2)=C1c1c[nH]c2cc(Cl)ccc12. The van der Waals surface area contributed by atoms with Gasteiger partial charge < -0.3 is 14.8 Å². The third-order valence-electron chi connectivity index (χ3n) is 5.51. The quantitative estimate of drug-likeness (QED) is 0.324. The molecule has 0 spiro atoms. The number of nitrogens with one attached hydrogen (secondary N) is 1. The van der Waals surface area contributed by atoms with E-state index in [0.717, 1.165) is 16.5 Å². The van der Waals surface area contributed by atoms with Gasteiger partial charge in [-0.15, -0.1) is 0 Å². The Bertz CT molecular complexity index is 1370. The summed E-state index contributed by atoms with van der Waals surface area (Å²) in [6.45, 7) is 0. The largest absolute Gasteiger partial charge is 0.425 e. The number of esters is 1. The molecule has 7 heteroatoms. The van der Waals surface area contributed by atoms with Crippen LogP contribution in [0.2, 0.25) is 15.1 Å². The number of cyclic esters (lactones) is 1. The minimum absolute atomic E-state index is 0.0611. The van der Waals surface area contributed by atoms with Crippen molar-refractivity contribution in [2.75, 3.05) is 0 Å². The highest BCUT2D eigenvalue weighted by atomic mass is 35.5. The molecule has 3 aromatic carbocycles. The summed E-state index contributed by atoms with van der Waals surface area (Å²) in [6, 6.07) is 19.4. The Labute approximate surface area is 199 Å². The second kappa shape index (κ2) is 7.98. The van der Waals surface area contributed by atoms with Crippen LogP contribution in [0.3, 0.4) is 0 Å². The highest BCUT2D eigenvalue weighted by Crippen LogP contribution is 2.46. The van der Waals surface area contributed by atoms with Crippen molar-refractivity contribution >= 4 is 62.8 Å². The Morgan fingerprint density at radius 1 is 0.875 bits per heavy atom. The van der Waals surface area contributed by atoms with E-state index < -0.39 is 11.8 Å². The van der Waals surface area contributed by atoms with Crippen molar-refractivity contribution in [1.29, 1.82) is 0 Å². The Morgan fingerprint density at radius 2 is 1.50 bits per heavy atom. The summed E-state index contributed by atoms with van der Waals surface area (Å²) in [4.78, 5) is 16.3. The zero-order valence-electron chi connectivity index (χ0n) is 16.5. The summed E-state index contributed by atoms with van der Waals surface area (Å²) in [6.07, 6.45) is 1.78. The Hall–Kier alpha value is -2.76. The first-order valence-corrected chi connectivity index (χ1v) is 11.0. The molecule has 4 nitrogen and oxygen atoms in total. The fourth-order valence-corrected chi connectivity index (χ4v) is 4.52. The lowest BCUT2D eigenvalue weighted by Gasteiger charge is -2.25. The van der Waals surface area contributed by atoms with E-state index in [4.69, 9.17) is 39.5 Å². The Kier molecular flexibility index (Phi) is 5.26. The van der Waals surface area contributed by atoms with Gasteiger partial charge in [0.25, 0.3) is 0 Å². The maximum Gasteiger partial charge on any atom is 0.342 e. The van der Waals surface area contributed by atoms with Crippen LogP contribution in [0.25, 0.3) is 22.0 Å². The molecule has 2 N–H and O–H groups in total. The van der Waals surface area contributed by atoms with E-state index >= 15 is 0 Å². The highest BCUT2D eigenvalue weighted by molar-refractivity contribution is 6.33. The van der Waals surface area contributed by atoms with Crippen molar-refractivity contribution in [2.24, 2.45) is 0 Å². The van der Waals surface area contributed by atoms with E-state index in [0.29, 0.717) is 31.8 Å². The van der Waals surface area contributed by atoms with Gasteiger partial charge in [-0.3, -0.25) is 0 Å². The summed E-state index contributed by atoms with van der Waals surface area (Å²) >= 11 is 18.2. The number of aromatic nitrogens is 1. The summed E-state index contributed by atoms with van der Waals surface area (Å²) in [5.74, 6) is -2.48. The van der Waals surface area contributed by atoms with Crippen LogP contribution < -0.4 is 0 Å². The minimum Gasteiger partial charge on any atom is -0.425 e. The molecule has 160 valence electrons. The molecule has 1 aliphatic heterocycles. The molecule has 1 aliphatic rings. The maximum absolute atomic E-state index is 13.2. The number of rotatable bonds is 4. The molecule has 0 radical (unpaired) electrons. The monoisotopic (exact) mass is 483 g/mol.